The highest BCUT2D eigenvalue weighted by atomic mass is 16.5. The summed E-state index contributed by atoms with van der Waals surface area (Å²) in [5.41, 5.74) is 2.23. The van der Waals surface area contributed by atoms with Crippen molar-refractivity contribution in [2.24, 2.45) is 0 Å². The summed E-state index contributed by atoms with van der Waals surface area (Å²) in [6, 6.07) is 8.00. The van der Waals surface area contributed by atoms with Crippen molar-refractivity contribution >= 4 is 11.8 Å². The summed E-state index contributed by atoms with van der Waals surface area (Å²) in [6.07, 6.45) is -0.270. The van der Waals surface area contributed by atoms with Crippen LogP contribution in [0.5, 0.6) is 0 Å². The van der Waals surface area contributed by atoms with Crippen molar-refractivity contribution in [2.75, 3.05) is 25.5 Å². The lowest BCUT2D eigenvalue weighted by atomic mass is 10.2. The molecule has 0 aliphatic carbocycles. The Morgan fingerprint density at radius 1 is 1.47 bits per heavy atom. The van der Waals surface area contributed by atoms with E-state index in [1.165, 1.54) is 7.11 Å². The van der Waals surface area contributed by atoms with E-state index in [1.807, 2.05) is 24.3 Å². The number of nitrogens with zero attached hydrogens (tertiary/aromatic N) is 1. The van der Waals surface area contributed by atoms with Crippen LogP contribution in [0.1, 0.15) is 5.56 Å². The van der Waals surface area contributed by atoms with Crippen LogP contribution >= 0.6 is 0 Å². The van der Waals surface area contributed by atoms with E-state index >= 15 is 0 Å². The molecule has 0 saturated carbocycles. The number of benzene rings is 1. The Kier molecular flexibility index (Phi) is 2.76. The first-order valence-electron chi connectivity index (χ1n) is 4.96. The molecule has 1 aromatic rings. The maximum atomic E-state index is 11.4. The number of nitrogens with one attached hydrogen (secondary N) is 1. The third-order valence-electron chi connectivity index (χ3n) is 2.51. The second-order valence-corrected chi connectivity index (χ2v) is 3.48. The summed E-state index contributed by atoms with van der Waals surface area (Å²) >= 11 is 0. The SMILES string of the molecule is COC(=O)N1CCNc2ccccc2C1. The van der Waals surface area contributed by atoms with Crippen LogP contribution in [0.15, 0.2) is 24.3 Å². The van der Waals surface area contributed by atoms with E-state index < -0.39 is 0 Å². The van der Waals surface area contributed by atoms with Gasteiger partial charge in [-0.25, -0.2) is 4.79 Å². The first kappa shape index (κ1) is 9.83. The van der Waals surface area contributed by atoms with Crippen molar-refractivity contribution < 1.29 is 9.53 Å². The van der Waals surface area contributed by atoms with E-state index in [0.29, 0.717) is 13.1 Å². The Balaban J connectivity index is 2.21. The molecule has 0 saturated heterocycles. The second kappa shape index (κ2) is 4.21. The number of para-hydroxylation sites is 1. The lowest BCUT2D eigenvalue weighted by Gasteiger charge is -2.18. The number of rotatable bonds is 0. The number of amides is 1. The topological polar surface area (TPSA) is 41.6 Å². The molecule has 0 fully saturated rings. The molecular formula is C11H14N2O2. The zero-order valence-electron chi connectivity index (χ0n) is 8.69. The Morgan fingerprint density at radius 3 is 3.07 bits per heavy atom. The maximum Gasteiger partial charge on any atom is 0.409 e. The van der Waals surface area contributed by atoms with Gasteiger partial charge in [-0.15, -0.1) is 0 Å². The van der Waals surface area contributed by atoms with Crippen molar-refractivity contribution in [3.63, 3.8) is 0 Å². The Morgan fingerprint density at radius 2 is 2.27 bits per heavy atom. The number of carbonyl (C=O) groups excluding carboxylic acids is 1. The van der Waals surface area contributed by atoms with Gasteiger partial charge >= 0.3 is 6.09 Å². The van der Waals surface area contributed by atoms with E-state index in [1.54, 1.807) is 4.90 Å². The number of carbonyl (C=O) groups is 1. The monoisotopic (exact) mass is 206 g/mol. The van der Waals surface area contributed by atoms with E-state index in [4.69, 9.17) is 4.74 Å². The number of anilines is 1. The predicted octanol–water partition coefficient (Wildman–Crippen LogP) is 1.68. The highest BCUT2D eigenvalue weighted by Gasteiger charge is 2.18. The summed E-state index contributed by atoms with van der Waals surface area (Å²) < 4.78 is 4.72. The largest absolute Gasteiger partial charge is 0.453 e. The van der Waals surface area contributed by atoms with Crippen LogP contribution in [0.4, 0.5) is 10.5 Å². The zero-order valence-corrected chi connectivity index (χ0v) is 8.69. The molecule has 80 valence electrons. The van der Waals surface area contributed by atoms with Gasteiger partial charge in [-0.3, -0.25) is 0 Å². The van der Waals surface area contributed by atoms with Gasteiger partial charge in [0, 0.05) is 18.8 Å². The van der Waals surface area contributed by atoms with Crippen LogP contribution in [0.3, 0.4) is 0 Å². The first-order valence-corrected chi connectivity index (χ1v) is 4.96. The minimum absolute atomic E-state index is 0.270. The fourth-order valence-electron chi connectivity index (χ4n) is 1.73. The Hall–Kier alpha value is -1.71. The lowest BCUT2D eigenvalue weighted by Crippen LogP contribution is -2.32. The molecule has 0 aromatic heterocycles. The van der Waals surface area contributed by atoms with Gasteiger partial charge < -0.3 is 15.0 Å². The number of hydrogen-bond donors (Lipinski definition) is 1. The minimum atomic E-state index is -0.270. The van der Waals surface area contributed by atoms with Crippen molar-refractivity contribution in [2.45, 2.75) is 6.54 Å². The van der Waals surface area contributed by atoms with E-state index in [2.05, 4.69) is 5.32 Å². The average Bonchev–Trinajstić information content (AvgIpc) is 2.49. The molecule has 1 heterocycles. The summed E-state index contributed by atoms with van der Waals surface area (Å²) in [5.74, 6) is 0. The number of ether oxygens (including phenoxy) is 1. The molecule has 1 aromatic carbocycles. The molecule has 1 aliphatic rings. The third kappa shape index (κ3) is 2.03. The quantitative estimate of drug-likeness (QED) is 0.702. The first-order chi connectivity index (χ1) is 7.31. The van der Waals surface area contributed by atoms with Gasteiger partial charge in [0.15, 0.2) is 0 Å². The zero-order chi connectivity index (χ0) is 10.7. The van der Waals surface area contributed by atoms with Crippen molar-refractivity contribution in [1.29, 1.82) is 0 Å². The summed E-state index contributed by atoms with van der Waals surface area (Å²) in [6.45, 7) is 2.03. The van der Waals surface area contributed by atoms with Gasteiger partial charge in [-0.2, -0.15) is 0 Å². The molecule has 1 aliphatic heterocycles. The van der Waals surface area contributed by atoms with Crippen molar-refractivity contribution in [3.8, 4) is 0 Å². The number of fused-ring (bicyclic) bond motifs is 1. The van der Waals surface area contributed by atoms with E-state index in [0.717, 1.165) is 17.8 Å². The molecular weight excluding hydrogens is 192 g/mol. The third-order valence-corrected chi connectivity index (χ3v) is 2.51. The van der Waals surface area contributed by atoms with Crippen LogP contribution in [-0.4, -0.2) is 31.2 Å². The van der Waals surface area contributed by atoms with Crippen LogP contribution in [0, 0.1) is 0 Å². The number of methoxy groups -OCH3 is 1. The summed E-state index contributed by atoms with van der Waals surface area (Å²) in [7, 11) is 1.41. The van der Waals surface area contributed by atoms with E-state index in [-0.39, 0.29) is 6.09 Å². The summed E-state index contributed by atoms with van der Waals surface area (Å²) in [4.78, 5) is 13.1. The smallest absolute Gasteiger partial charge is 0.409 e. The van der Waals surface area contributed by atoms with Gasteiger partial charge in [0.05, 0.1) is 13.7 Å². The molecule has 0 atom stereocenters. The van der Waals surface area contributed by atoms with Crippen LogP contribution in [0.2, 0.25) is 0 Å². The molecule has 1 N–H and O–H groups in total. The second-order valence-electron chi connectivity index (χ2n) is 3.48. The van der Waals surface area contributed by atoms with Crippen molar-refractivity contribution in [1.82, 2.24) is 4.90 Å². The molecule has 4 nitrogen and oxygen atoms in total. The number of hydrogen-bond acceptors (Lipinski definition) is 3. The van der Waals surface area contributed by atoms with Gasteiger partial charge in [-0.05, 0) is 11.6 Å². The molecule has 2 rings (SSSR count). The highest BCUT2D eigenvalue weighted by molar-refractivity contribution is 5.68. The van der Waals surface area contributed by atoms with Gasteiger partial charge in [0.2, 0.25) is 0 Å². The Bertz CT molecular complexity index is 365. The molecule has 15 heavy (non-hydrogen) atoms. The standard InChI is InChI=1S/C11H14N2O2/c1-15-11(14)13-7-6-12-10-5-3-2-4-9(10)8-13/h2-5,12H,6-8H2,1H3. The molecule has 4 heteroatoms. The molecule has 0 spiro atoms. The fourth-order valence-corrected chi connectivity index (χ4v) is 1.73. The predicted molar refractivity (Wildman–Crippen MR) is 57.7 cm³/mol. The van der Waals surface area contributed by atoms with Crippen LogP contribution in [0.25, 0.3) is 0 Å². The molecule has 1 amide bonds. The van der Waals surface area contributed by atoms with Crippen molar-refractivity contribution in [3.05, 3.63) is 29.8 Å². The normalized spacial score (nSPS) is 14.9. The highest BCUT2D eigenvalue weighted by Crippen LogP contribution is 2.19. The van der Waals surface area contributed by atoms with Gasteiger partial charge in [0.25, 0.3) is 0 Å². The fraction of sp³-hybridized carbons (Fsp3) is 0.364. The minimum Gasteiger partial charge on any atom is -0.453 e. The van der Waals surface area contributed by atoms with E-state index in [9.17, 15) is 4.79 Å². The lowest BCUT2D eigenvalue weighted by molar-refractivity contribution is 0.123. The maximum absolute atomic E-state index is 11.4. The van der Waals surface area contributed by atoms with Crippen LogP contribution < -0.4 is 5.32 Å². The Labute approximate surface area is 88.8 Å². The van der Waals surface area contributed by atoms with Gasteiger partial charge in [-0.1, -0.05) is 18.2 Å². The average molecular weight is 206 g/mol. The molecule has 0 bridgehead atoms. The molecule has 0 unspecified atom stereocenters. The molecule has 0 radical (unpaired) electrons. The summed E-state index contributed by atoms with van der Waals surface area (Å²) in [5, 5.41) is 3.28. The van der Waals surface area contributed by atoms with Crippen LogP contribution in [-0.2, 0) is 11.3 Å². The van der Waals surface area contributed by atoms with Gasteiger partial charge in [0.1, 0.15) is 0 Å².